The molecule has 8 heteroatoms. The van der Waals surface area contributed by atoms with Crippen LogP contribution in [0.2, 0.25) is 5.15 Å². The fourth-order valence-electron chi connectivity index (χ4n) is 1.30. The van der Waals surface area contributed by atoms with E-state index < -0.39 is 16.0 Å². The topological polar surface area (TPSA) is 85.4 Å². The molecule has 0 amide bonds. The normalized spacial score (nSPS) is 11.1. The van der Waals surface area contributed by atoms with E-state index in [-0.39, 0.29) is 18.8 Å². The molecule has 0 radical (unpaired) electrons. The Morgan fingerprint density at radius 3 is 2.79 bits per heavy atom. The number of ether oxygens (including phenoxy) is 1. The van der Waals surface area contributed by atoms with Crippen LogP contribution in [0.3, 0.4) is 0 Å². The zero-order chi connectivity index (χ0) is 14.5. The van der Waals surface area contributed by atoms with Crippen molar-refractivity contribution < 1.29 is 17.9 Å². The smallest absolute Gasteiger partial charge is 0.306 e. The van der Waals surface area contributed by atoms with Crippen LogP contribution in [-0.4, -0.2) is 31.7 Å². The summed E-state index contributed by atoms with van der Waals surface area (Å²) in [6.45, 7) is 3.60. The molecule has 19 heavy (non-hydrogen) atoms. The first kappa shape index (κ1) is 15.7. The molecule has 0 saturated carbocycles. The maximum absolute atomic E-state index is 11.7. The summed E-state index contributed by atoms with van der Waals surface area (Å²) in [5.74, 6) is -0.883. The van der Waals surface area contributed by atoms with Gasteiger partial charge < -0.3 is 4.74 Å². The van der Waals surface area contributed by atoms with Crippen LogP contribution in [0.1, 0.15) is 18.9 Å². The number of anilines is 1. The Kier molecular flexibility index (Phi) is 5.56. The van der Waals surface area contributed by atoms with Crippen LogP contribution >= 0.6 is 11.6 Å². The Balaban J connectivity index is 2.64. The fourth-order valence-corrected chi connectivity index (χ4v) is 2.41. The zero-order valence-corrected chi connectivity index (χ0v) is 12.2. The van der Waals surface area contributed by atoms with Gasteiger partial charge >= 0.3 is 5.97 Å². The van der Waals surface area contributed by atoms with Gasteiger partial charge in [0, 0.05) is 0 Å². The lowest BCUT2D eigenvalue weighted by atomic mass is 10.3. The number of nitrogens with zero attached hydrogens (tertiary/aromatic N) is 1. The number of pyridine rings is 1. The van der Waals surface area contributed by atoms with Crippen molar-refractivity contribution in [1.82, 2.24) is 4.98 Å². The summed E-state index contributed by atoms with van der Waals surface area (Å²) in [4.78, 5) is 14.9. The first-order valence-electron chi connectivity index (χ1n) is 5.62. The quantitative estimate of drug-likeness (QED) is 0.639. The number of sulfonamides is 1. The van der Waals surface area contributed by atoms with Crippen molar-refractivity contribution in [3.8, 4) is 0 Å². The van der Waals surface area contributed by atoms with Gasteiger partial charge in [-0.2, -0.15) is 0 Å². The molecule has 0 bridgehead atoms. The number of carbonyl (C=O) groups is 1. The second-order valence-electron chi connectivity index (χ2n) is 3.81. The number of carbonyl (C=O) groups excluding carboxylic acids is 1. The molecule has 0 fully saturated rings. The highest BCUT2D eigenvalue weighted by Gasteiger charge is 2.14. The molecule has 0 aromatic carbocycles. The molecule has 106 valence electrons. The SMILES string of the molecule is CCOC(=O)CCS(=O)(=O)Nc1cnc(Cl)c(C)c1. The van der Waals surface area contributed by atoms with Crippen LogP contribution in [0.25, 0.3) is 0 Å². The van der Waals surface area contributed by atoms with E-state index in [9.17, 15) is 13.2 Å². The van der Waals surface area contributed by atoms with E-state index in [1.807, 2.05) is 0 Å². The van der Waals surface area contributed by atoms with Crippen LogP contribution in [0, 0.1) is 6.92 Å². The van der Waals surface area contributed by atoms with Gasteiger partial charge in [0.25, 0.3) is 0 Å². The van der Waals surface area contributed by atoms with Gasteiger partial charge in [-0.25, -0.2) is 13.4 Å². The predicted octanol–water partition coefficient (Wildman–Crippen LogP) is 1.74. The summed E-state index contributed by atoms with van der Waals surface area (Å²) in [6, 6.07) is 1.57. The highest BCUT2D eigenvalue weighted by Crippen LogP contribution is 2.17. The Morgan fingerprint density at radius 1 is 1.53 bits per heavy atom. The van der Waals surface area contributed by atoms with Crippen molar-refractivity contribution >= 4 is 33.3 Å². The summed E-state index contributed by atoms with van der Waals surface area (Å²) >= 11 is 5.74. The lowest BCUT2D eigenvalue weighted by Gasteiger charge is -2.08. The van der Waals surface area contributed by atoms with E-state index in [0.29, 0.717) is 16.4 Å². The van der Waals surface area contributed by atoms with E-state index in [2.05, 4.69) is 14.4 Å². The maximum atomic E-state index is 11.7. The van der Waals surface area contributed by atoms with Gasteiger partial charge in [0.2, 0.25) is 10.0 Å². The van der Waals surface area contributed by atoms with Gasteiger partial charge in [0.05, 0.1) is 30.7 Å². The molecule has 1 rings (SSSR count). The van der Waals surface area contributed by atoms with Crippen molar-refractivity contribution in [3.63, 3.8) is 0 Å². The molecule has 1 heterocycles. The van der Waals surface area contributed by atoms with Crippen molar-refractivity contribution in [2.45, 2.75) is 20.3 Å². The zero-order valence-electron chi connectivity index (χ0n) is 10.6. The average Bonchev–Trinajstić information content (AvgIpc) is 2.32. The van der Waals surface area contributed by atoms with Crippen LogP contribution < -0.4 is 4.72 Å². The van der Waals surface area contributed by atoms with Crippen LogP contribution in [0.5, 0.6) is 0 Å². The minimum absolute atomic E-state index is 0.191. The van der Waals surface area contributed by atoms with Crippen molar-refractivity contribution in [3.05, 3.63) is 23.0 Å². The monoisotopic (exact) mass is 306 g/mol. The summed E-state index contributed by atoms with van der Waals surface area (Å²) < 4.78 is 30.4. The lowest BCUT2D eigenvalue weighted by Crippen LogP contribution is -2.20. The first-order valence-corrected chi connectivity index (χ1v) is 7.65. The summed E-state index contributed by atoms with van der Waals surface area (Å²) in [7, 11) is -3.61. The third-order valence-electron chi connectivity index (χ3n) is 2.17. The molecule has 1 aromatic rings. The molecule has 0 aliphatic rings. The summed E-state index contributed by atoms with van der Waals surface area (Å²) in [5, 5.41) is 0.314. The second kappa shape index (κ2) is 6.72. The number of nitrogens with one attached hydrogen (secondary N) is 1. The van der Waals surface area contributed by atoms with E-state index >= 15 is 0 Å². The molecule has 0 aliphatic carbocycles. The number of esters is 1. The minimum atomic E-state index is -3.61. The Morgan fingerprint density at radius 2 is 2.21 bits per heavy atom. The van der Waals surface area contributed by atoms with E-state index in [4.69, 9.17) is 11.6 Å². The largest absolute Gasteiger partial charge is 0.466 e. The third-order valence-corrected chi connectivity index (χ3v) is 3.85. The van der Waals surface area contributed by atoms with Gasteiger partial charge in [0.1, 0.15) is 5.15 Å². The summed E-state index contributed by atoms with van der Waals surface area (Å²) in [5.41, 5.74) is 0.970. The summed E-state index contributed by atoms with van der Waals surface area (Å²) in [6.07, 6.45) is 1.13. The van der Waals surface area contributed by atoms with E-state index in [1.54, 1.807) is 19.9 Å². The second-order valence-corrected chi connectivity index (χ2v) is 6.01. The van der Waals surface area contributed by atoms with E-state index in [1.165, 1.54) is 6.20 Å². The predicted molar refractivity (Wildman–Crippen MR) is 72.6 cm³/mol. The number of aryl methyl sites for hydroxylation is 1. The number of halogens is 1. The highest BCUT2D eigenvalue weighted by atomic mass is 35.5. The van der Waals surface area contributed by atoms with Gasteiger partial charge in [0.15, 0.2) is 0 Å². The Labute approximate surface area is 117 Å². The van der Waals surface area contributed by atoms with Gasteiger partial charge in [-0.15, -0.1) is 0 Å². The molecule has 0 unspecified atom stereocenters. The molecular weight excluding hydrogens is 292 g/mol. The van der Waals surface area contributed by atoms with E-state index in [0.717, 1.165) is 0 Å². The molecule has 0 atom stereocenters. The van der Waals surface area contributed by atoms with Crippen LogP contribution in [0.4, 0.5) is 5.69 Å². The molecule has 0 aliphatic heterocycles. The number of hydrogen-bond acceptors (Lipinski definition) is 5. The van der Waals surface area contributed by atoms with Crippen molar-refractivity contribution in [1.29, 1.82) is 0 Å². The molecule has 0 saturated heterocycles. The maximum Gasteiger partial charge on any atom is 0.306 e. The van der Waals surface area contributed by atoms with Gasteiger partial charge in [-0.1, -0.05) is 11.6 Å². The molecule has 1 N–H and O–H groups in total. The van der Waals surface area contributed by atoms with Gasteiger partial charge in [-0.05, 0) is 25.5 Å². The standard InChI is InChI=1S/C11H15ClN2O4S/c1-3-18-10(15)4-5-19(16,17)14-9-6-8(2)11(12)13-7-9/h6-7,14H,3-5H2,1-2H3. The number of aromatic nitrogens is 1. The molecule has 0 spiro atoms. The lowest BCUT2D eigenvalue weighted by molar-refractivity contribution is -0.142. The number of rotatable bonds is 6. The van der Waals surface area contributed by atoms with Gasteiger partial charge in [-0.3, -0.25) is 9.52 Å². The molecule has 6 nitrogen and oxygen atoms in total. The Bertz CT molecular complexity index is 560. The first-order chi connectivity index (χ1) is 8.84. The molecule has 1 aromatic heterocycles. The average molecular weight is 307 g/mol. The molecular formula is C11H15ClN2O4S. The number of hydrogen-bond donors (Lipinski definition) is 1. The fraction of sp³-hybridized carbons (Fsp3) is 0.455. The van der Waals surface area contributed by atoms with Crippen LogP contribution in [0.15, 0.2) is 12.3 Å². The van der Waals surface area contributed by atoms with Crippen molar-refractivity contribution in [2.24, 2.45) is 0 Å². The third kappa shape index (κ3) is 5.44. The van der Waals surface area contributed by atoms with Crippen molar-refractivity contribution in [2.75, 3.05) is 17.1 Å². The highest BCUT2D eigenvalue weighted by molar-refractivity contribution is 7.92. The van der Waals surface area contributed by atoms with Crippen LogP contribution in [-0.2, 0) is 19.6 Å². The Hall–Kier alpha value is -1.34. The minimum Gasteiger partial charge on any atom is -0.466 e.